The van der Waals surface area contributed by atoms with Crippen molar-refractivity contribution in [2.75, 3.05) is 12.4 Å². The van der Waals surface area contributed by atoms with Crippen molar-refractivity contribution in [2.24, 2.45) is 0 Å². The number of benzene rings is 2. The lowest BCUT2D eigenvalue weighted by atomic mass is 10.1. The Morgan fingerprint density at radius 3 is 2.39 bits per heavy atom. The number of rotatable bonds is 6. The molecule has 1 unspecified atom stereocenters. The first-order valence-electron chi connectivity index (χ1n) is 9.46. The number of carbonyl (C=O) groups is 3. The largest absolute Gasteiger partial charge is 0.465 e. The second-order valence-corrected chi connectivity index (χ2v) is 7.84. The van der Waals surface area contributed by atoms with Crippen LogP contribution in [0.2, 0.25) is 0 Å². The van der Waals surface area contributed by atoms with E-state index < -0.39 is 17.7 Å². The topological polar surface area (TPSA) is 84.5 Å². The first-order valence-corrected chi connectivity index (χ1v) is 10.3. The molecule has 1 heterocycles. The number of methoxy groups -OCH3 is 1. The highest BCUT2D eigenvalue weighted by Crippen LogP contribution is 2.34. The van der Waals surface area contributed by atoms with Crippen LogP contribution in [0.4, 0.5) is 9.39 Å². The first-order chi connectivity index (χ1) is 14.8. The number of nitrogens with one attached hydrogen (secondary N) is 2. The summed E-state index contributed by atoms with van der Waals surface area (Å²) >= 11 is 0.964. The number of anilines is 1. The minimum atomic E-state index is -0.682. The lowest BCUT2D eigenvalue weighted by Gasteiger charge is -2.14. The van der Waals surface area contributed by atoms with Gasteiger partial charge >= 0.3 is 5.97 Å². The van der Waals surface area contributed by atoms with E-state index >= 15 is 0 Å². The number of hydrogen-bond donors (Lipinski definition) is 2. The fourth-order valence-corrected chi connectivity index (χ4v) is 4.15. The summed E-state index contributed by atoms with van der Waals surface area (Å²) in [5.74, 6) is -2.22. The molecular weight excluding hydrogens is 419 g/mol. The molecule has 2 aromatic carbocycles. The maximum atomic E-state index is 13.5. The summed E-state index contributed by atoms with van der Waals surface area (Å²) < 4.78 is 18.3. The van der Waals surface area contributed by atoms with Gasteiger partial charge in [-0.15, -0.1) is 11.3 Å². The highest BCUT2D eigenvalue weighted by atomic mass is 32.1. The minimum absolute atomic E-state index is 0.0885. The van der Waals surface area contributed by atoms with Crippen LogP contribution in [0.25, 0.3) is 0 Å². The molecule has 0 aliphatic heterocycles. The number of ether oxygens (including phenoxy) is 1. The minimum Gasteiger partial charge on any atom is -0.465 e. The molecule has 0 saturated carbocycles. The second kappa shape index (κ2) is 9.53. The van der Waals surface area contributed by atoms with E-state index in [9.17, 15) is 18.8 Å². The fraction of sp³-hybridized carbons (Fsp3) is 0.174. The van der Waals surface area contributed by atoms with Gasteiger partial charge in [-0.05, 0) is 43.2 Å². The van der Waals surface area contributed by atoms with Crippen LogP contribution in [-0.2, 0) is 4.74 Å². The van der Waals surface area contributed by atoms with Crippen molar-refractivity contribution >= 4 is 34.1 Å². The molecule has 2 N–H and O–H groups in total. The van der Waals surface area contributed by atoms with Gasteiger partial charge in [-0.1, -0.05) is 36.4 Å². The Bertz CT molecular complexity index is 1130. The van der Waals surface area contributed by atoms with Crippen molar-refractivity contribution in [1.29, 1.82) is 0 Å². The molecule has 0 bridgehead atoms. The third kappa shape index (κ3) is 4.97. The summed E-state index contributed by atoms with van der Waals surface area (Å²) in [6, 6.07) is 14.4. The summed E-state index contributed by atoms with van der Waals surface area (Å²) in [6.45, 7) is 3.47. The van der Waals surface area contributed by atoms with Gasteiger partial charge < -0.3 is 15.4 Å². The van der Waals surface area contributed by atoms with Crippen LogP contribution < -0.4 is 10.6 Å². The van der Waals surface area contributed by atoms with E-state index in [0.717, 1.165) is 23.0 Å². The summed E-state index contributed by atoms with van der Waals surface area (Å²) in [5.41, 5.74) is 1.50. The molecule has 0 fully saturated rings. The normalized spacial score (nSPS) is 11.5. The number of hydrogen-bond acceptors (Lipinski definition) is 5. The summed E-state index contributed by atoms with van der Waals surface area (Å²) in [7, 11) is 1.22. The van der Waals surface area contributed by atoms with Gasteiger partial charge in [-0.25, -0.2) is 9.18 Å². The molecule has 0 saturated heterocycles. The Morgan fingerprint density at radius 2 is 1.74 bits per heavy atom. The Labute approximate surface area is 183 Å². The Hall–Kier alpha value is -3.52. The van der Waals surface area contributed by atoms with Crippen molar-refractivity contribution in [3.05, 3.63) is 87.5 Å². The van der Waals surface area contributed by atoms with Crippen molar-refractivity contribution in [3.8, 4) is 0 Å². The molecule has 1 aromatic heterocycles. The molecular formula is C23H21FN2O4S. The lowest BCUT2D eigenvalue weighted by Crippen LogP contribution is -2.26. The van der Waals surface area contributed by atoms with Crippen LogP contribution in [-0.4, -0.2) is 24.9 Å². The van der Waals surface area contributed by atoms with Gasteiger partial charge in [0.2, 0.25) is 0 Å². The van der Waals surface area contributed by atoms with E-state index in [1.807, 2.05) is 37.3 Å². The van der Waals surface area contributed by atoms with E-state index in [1.165, 1.54) is 25.3 Å². The molecule has 1 atom stereocenters. The van der Waals surface area contributed by atoms with E-state index in [1.54, 1.807) is 6.92 Å². The zero-order valence-corrected chi connectivity index (χ0v) is 18.0. The van der Waals surface area contributed by atoms with Crippen LogP contribution in [0, 0.1) is 12.7 Å². The maximum Gasteiger partial charge on any atom is 0.341 e. The van der Waals surface area contributed by atoms with Gasteiger partial charge in [-0.3, -0.25) is 9.59 Å². The van der Waals surface area contributed by atoms with Crippen molar-refractivity contribution < 1.29 is 23.5 Å². The SMILES string of the molecule is COC(=O)c1c(NC(=O)c2cccc(F)c2)sc(C(=O)NC(C)c2ccccc2)c1C. The van der Waals surface area contributed by atoms with Crippen molar-refractivity contribution in [3.63, 3.8) is 0 Å². The van der Waals surface area contributed by atoms with Crippen LogP contribution in [0.15, 0.2) is 54.6 Å². The monoisotopic (exact) mass is 440 g/mol. The molecule has 6 nitrogen and oxygen atoms in total. The quantitative estimate of drug-likeness (QED) is 0.543. The molecule has 8 heteroatoms. The Balaban J connectivity index is 1.90. The van der Waals surface area contributed by atoms with Crippen LogP contribution >= 0.6 is 11.3 Å². The van der Waals surface area contributed by atoms with Gasteiger partial charge in [0, 0.05) is 5.56 Å². The van der Waals surface area contributed by atoms with Crippen molar-refractivity contribution in [1.82, 2.24) is 5.32 Å². The zero-order chi connectivity index (χ0) is 22.5. The highest BCUT2D eigenvalue weighted by molar-refractivity contribution is 7.18. The molecule has 0 spiro atoms. The molecule has 3 aromatic rings. The summed E-state index contributed by atoms with van der Waals surface area (Å²) in [4.78, 5) is 38.1. The molecule has 2 amide bonds. The average Bonchev–Trinajstić information content (AvgIpc) is 3.09. The highest BCUT2D eigenvalue weighted by Gasteiger charge is 2.27. The third-order valence-electron chi connectivity index (χ3n) is 4.70. The smallest absolute Gasteiger partial charge is 0.341 e. The van der Waals surface area contributed by atoms with Crippen LogP contribution in [0.1, 0.15) is 54.5 Å². The number of carbonyl (C=O) groups excluding carboxylic acids is 3. The van der Waals surface area contributed by atoms with Gasteiger partial charge in [0.15, 0.2) is 0 Å². The second-order valence-electron chi connectivity index (χ2n) is 6.82. The Morgan fingerprint density at radius 1 is 1.03 bits per heavy atom. The van der Waals surface area contributed by atoms with Gasteiger partial charge in [-0.2, -0.15) is 0 Å². The number of halogens is 1. The zero-order valence-electron chi connectivity index (χ0n) is 17.2. The van der Waals surface area contributed by atoms with Crippen LogP contribution in [0.5, 0.6) is 0 Å². The fourth-order valence-electron chi connectivity index (χ4n) is 3.06. The lowest BCUT2D eigenvalue weighted by molar-refractivity contribution is 0.0601. The van der Waals surface area contributed by atoms with Crippen LogP contribution in [0.3, 0.4) is 0 Å². The maximum absolute atomic E-state index is 13.5. The third-order valence-corrected chi connectivity index (χ3v) is 5.91. The van der Waals surface area contributed by atoms with E-state index in [2.05, 4.69) is 10.6 Å². The molecule has 0 aliphatic carbocycles. The number of esters is 1. The molecule has 3 rings (SSSR count). The first kappa shape index (κ1) is 22.2. The van der Waals surface area contributed by atoms with E-state index in [-0.39, 0.29) is 33.0 Å². The Kier molecular flexibility index (Phi) is 6.81. The number of thiophene rings is 1. The molecule has 31 heavy (non-hydrogen) atoms. The van der Waals surface area contributed by atoms with Crippen molar-refractivity contribution in [2.45, 2.75) is 19.9 Å². The average molecular weight is 440 g/mol. The predicted octanol–water partition coefficient (Wildman–Crippen LogP) is 4.73. The predicted molar refractivity (Wildman–Crippen MR) is 117 cm³/mol. The number of amides is 2. The molecule has 0 aliphatic rings. The molecule has 160 valence electrons. The molecule has 0 radical (unpaired) electrons. The van der Waals surface area contributed by atoms with Gasteiger partial charge in [0.1, 0.15) is 10.8 Å². The van der Waals surface area contributed by atoms with E-state index in [0.29, 0.717) is 5.56 Å². The van der Waals surface area contributed by atoms with Gasteiger partial charge in [0.05, 0.1) is 23.6 Å². The standard InChI is InChI=1S/C23H21FN2O4S/c1-13-18(23(29)30-3)22(26-20(27)16-10-7-11-17(24)12-16)31-19(13)21(28)25-14(2)15-8-5-4-6-9-15/h4-12,14H,1-3H3,(H,25,28)(H,26,27). The summed E-state index contributed by atoms with van der Waals surface area (Å²) in [6.07, 6.45) is 0. The van der Waals surface area contributed by atoms with Gasteiger partial charge in [0.25, 0.3) is 11.8 Å². The van der Waals surface area contributed by atoms with E-state index in [4.69, 9.17) is 4.74 Å². The summed E-state index contributed by atoms with van der Waals surface area (Å²) in [5, 5.41) is 5.67.